The Bertz CT molecular complexity index is 1590. The Labute approximate surface area is 157 Å². The molecular weight excluding hydrogens is 352 g/mol. The van der Waals surface area contributed by atoms with E-state index >= 15 is 0 Å². The third-order valence-corrected chi connectivity index (χ3v) is 4.79. The quantitative estimate of drug-likeness (QED) is 0.298. The summed E-state index contributed by atoms with van der Waals surface area (Å²) in [5.74, 6) is -0.142. The smallest absolute Gasteiger partial charge is 0.316 e. The van der Waals surface area contributed by atoms with Gasteiger partial charge in [0.05, 0.1) is 11.0 Å². The number of aromatic nitrogens is 6. The fraction of sp³-hybridized carbons (Fsp3) is 0. The lowest BCUT2D eigenvalue weighted by Crippen LogP contribution is -1.96. The van der Waals surface area contributed by atoms with Crippen LogP contribution in [0.2, 0.25) is 0 Å². The van der Waals surface area contributed by atoms with E-state index in [1.54, 1.807) is 12.4 Å². The maximum atomic E-state index is 7.23. The van der Waals surface area contributed by atoms with Crippen molar-refractivity contribution in [3.8, 4) is 22.5 Å². The molecular formula is C20H6N8. The second-order valence-electron chi connectivity index (χ2n) is 6.24. The Morgan fingerprint density at radius 3 is 2.25 bits per heavy atom. The number of benzene rings is 2. The van der Waals surface area contributed by atoms with Crippen LogP contribution in [0.15, 0.2) is 36.7 Å². The van der Waals surface area contributed by atoms with Gasteiger partial charge in [-0.3, -0.25) is 9.97 Å². The van der Waals surface area contributed by atoms with Crippen LogP contribution in [-0.2, 0) is 0 Å². The Kier molecular flexibility index (Phi) is 2.60. The predicted octanol–water partition coefficient (Wildman–Crippen LogP) is 4.27. The fourth-order valence-electron chi connectivity index (χ4n) is 3.69. The van der Waals surface area contributed by atoms with Crippen molar-refractivity contribution >= 4 is 44.7 Å². The number of hydrogen-bond donors (Lipinski definition) is 0. The second kappa shape index (κ2) is 5.00. The molecule has 2 aromatic carbocycles. The normalized spacial score (nSPS) is 11.5. The van der Waals surface area contributed by atoms with Gasteiger partial charge in [0, 0.05) is 28.9 Å². The van der Waals surface area contributed by atoms with Gasteiger partial charge in [-0.25, -0.2) is 0 Å². The standard InChI is InChI=1S/C20H6N8/c1-21-17-18(22-2)28-20-19(27-17)25-14-10-5-3-4-9-8-11-15(24-7-6-23-11)13(12(9)10)16(14)26-20/h3-8H. The lowest BCUT2D eigenvalue weighted by atomic mass is 10.0. The minimum Gasteiger partial charge on any atom is -0.370 e. The molecule has 6 rings (SSSR count). The molecule has 1 aliphatic rings. The zero-order valence-corrected chi connectivity index (χ0v) is 14.0. The highest BCUT2D eigenvalue weighted by molar-refractivity contribution is 6.21. The SMILES string of the molecule is [C-]#[N+]c1nc2nc3c(nc2nc1[N+]#[C-])-c1c2nccnc2cc2cccc-3c12. The van der Waals surface area contributed by atoms with E-state index < -0.39 is 0 Å². The van der Waals surface area contributed by atoms with Crippen molar-refractivity contribution < 1.29 is 0 Å². The van der Waals surface area contributed by atoms with Crippen LogP contribution in [0.1, 0.15) is 0 Å². The number of hydrogen-bond acceptors (Lipinski definition) is 6. The average Bonchev–Trinajstić information content (AvgIpc) is 3.06. The first-order chi connectivity index (χ1) is 13.8. The van der Waals surface area contributed by atoms with Gasteiger partial charge in [-0.2, -0.15) is 9.97 Å². The summed E-state index contributed by atoms with van der Waals surface area (Å²) >= 11 is 0. The third-order valence-electron chi connectivity index (χ3n) is 4.79. The van der Waals surface area contributed by atoms with Crippen molar-refractivity contribution in [1.29, 1.82) is 0 Å². The highest BCUT2D eigenvalue weighted by Crippen LogP contribution is 2.48. The molecule has 0 N–H and O–H groups in total. The molecule has 126 valence electrons. The highest BCUT2D eigenvalue weighted by atomic mass is 15.1. The summed E-state index contributed by atoms with van der Waals surface area (Å²) in [6, 6.07) is 7.97. The van der Waals surface area contributed by atoms with Gasteiger partial charge in [0.2, 0.25) is 0 Å². The third kappa shape index (κ3) is 1.71. The van der Waals surface area contributed by atoms with E-state index in [9.17, 15) is 0 Å². The van der Waals surface area contributed by atoms with Crippen LogP contribution in [0.4, 0.5) is 11.6 Å². The summed E-state index contributed by atoms with van der Waals surface area (Å²) in [7, 11) is 0. The number of rotatable bonds is 0. The first-order valence-corrected chi connectivity index (χ1v) is 8.30. The summed E-state index contributed by atoms with van der Waals surface area (Å²) < 4.78 is 0. The predicted molar refractivity (Wildman–Crippen MR) is 103 cm³/mol. The van der Waals surface area contributed by atoms with Gasteiger partial charge < -0.3 is 9.69 Å². The summed E-state index contributed by atoms with van der Waals surface area (Å²) in [6.45, 7) is 14.5. The Morgan fingerprint density at radius 1 is 0.786 bits per heavy atom. The molecule has 0 radical (unpaired) electrons. The van der Waals surface area contributed by atoms with E-state index in [1.165, 1.54) is 0 Å². The zero-order valence-electron chi connectivity index (χ0n) is 14.0. The van der Waals surface area contributed by atoms with E-state index in [-0.39, 0.29) is 22.9 Å². The van der Waals surface area contributed by atoms with Crippen molar-refractivity contribution in [2.45, 2.75) is 0 Å². The van der Waals surface area contributed by atoms with E-state index in [0.717, 1.165) is 32.9 Å². The van der Waals surface area contributed by atoms with Gasteiger partial charge >= 0.3 is 11.3 Å². The molecule has 0 amide bonds. The molecule has 0 fully saturated rings. The lowest BCUT2D eigenvalue weighted by Gasteiger charge is -2.05. The molecule has 5 aromatic rings. The molecule has 8 nitrogen and oxygen atoms in total. The van der Waals surface area contributed by atoms with Crippen LogP contribution in [0.5, 0.6) is 0 Å². The highest BCUT2D eigenvalue weighted by Gasteiger charge is 2.30. The Hall–Kier alpha value is -4.56. The van der Waals surface area contributed by atoms with E-state index in [1.807, 2.05) is 24.3 Å². The Balaban J connectivity index is 1.82. The minimum absolute atomic E-state index is 0.0678. The first-order valence-electron chi connectivity index (χ1n) is 8.30. The van der Waals surface area contributed by atoms with Crippen molar-refractivity contribution in [3.63, 3.8) is 0 Å². The van der Waals surface area contributed by atoms with E-state index in [4.69, 9.17) is 13.1 Å². The number of nitrogens with zero attached hydrogens (tertiary/aromatic N) is 8. The molecule has 8 heteroatoms. The average molecular weight is 358 g/mol. The topological polar surface area (TPSA) is 86.1 Å². The molecule has 1 aliphatic carbocycles. The molecule has 0 unspecified atom stereocenters. The van der Waals surface area contributed by atoms with Crippen LogP contribution in [-0.4, -0.2) is 29.9 Å². The van der Waals surface area contributed by atoms with Crippen molar-refractivity contribution in [1.82, 2.24) is 29.9 Å². The molecule has 0 atom stereocenters. The van der Waals surface area contributed by atoms with Crippen molar-refractivity contribution in [3.05, 3.63) is 59.5 Å². The van der Waals surface area contributed by atoms with Crippen LogP contribution in [0.3, 0.4) is 0 Å². The van der Waals surface area contributed by atoms with Crippen LogP contribution >= 0.6 is 0 Å². The summed E-state index contributed by atoms with van der Waals surface area (Å²) in [5.41, 5.74) is 5.11. The van der Waals surface area contributed by atoms with Crippen LogP contribution in [0, 0.1) is 13.1 Å². The molecule has 0 saturated heterocycles. The van der Waals surface area contributed by atoms with Crippen molar-refractivity contribution in [2.75, 3.05) is 0 Å². The van der Waals surface area contributed by atoms with Crippen LogP contribution in [0.25, 0.3) is 65.3 Å². The van der Waals surface area contributed by atoms with Gasteiger partial charge in [0.1, 0.15) is 11.4 Å². The maximum absolute atomic E-state index is 7.23. The maximum Gasteiger partial charge on any atom is 0.316 e. The summed E-state index contributed by atoms with van der Waals surface area (Å²) in [6.07, 6.45) is 3.31. The fourth-order valence-corrected chi connectivity index (χ4v) is 3.69. The molecule has 3 heterocycles. The minimum atomic E-state index is -0.0740. The summed E-state index contributed by atoms with van der Waals surface area (Å²) in [5, 5.41) is 2.03. The second-order valence-corrected chi connectivity index (χ2v) is 6.24. The Morgan fingerprint density at radius 2 is 1.50 bits per heavy atom. The summed E-state index contributed by atoms with van der Waals surface area (Å²) in [4.78, 5) is 33.3. The molecule has 0 aliphatic heterocycles. The lowest BCUT2D eigenvalue weighted by molar-refractivity contribution is 1.19. The molecule has 28 heavy (non-hydrogen) atoms. The van der Waals surface area contributed by atoms with E-state index in [2.05, 4.69) is 39.6 Å². The molecule has 0 saturated carbocycles. The largest absolute Gasteiger partial charge is 0.370 e. The monoisotopic (exact) mass is 358 g/mol. The number of fused-ring (bicyclic) bond motifs is 6. The van der Waals surface area contributed by atoms with Gasteiger partial charge in [-0.15, -0.1) is 9.97 Å². The van der Waals surface area contributed by atoms with Crippen molar-refractivity contribution in [2.24, 2.45) is 0 Å². The van der Waals surface area contributed by atoms with Gasteiger partial charge in [-0.05, 0) is 11.5 Å². The van der Waals surface area contributed by atoms with Gasteiger partial charge in [-0.1, -0.05) is 31.3 Å². The van der Waals surface area contributed by atoms with Gasteiger partial charge in [0.25, 0.3) is 11.6 Å². The van der Waals surface area contributed by atoms with Gasteiger partial charge in [0.15, 0.2) is 0 Å². The van der Waals surface area contributed by atoms with E-state index in [0.29, 0.717) is 11.4 Å². The zero-order chi connectivity index (χ0) is 18.8. The first kappa shape index (κ1) is 14.6. The molecule has 0 bridgehead atoms. The molecule has 3 aromatic heterocycles. The van der Waals surface area contributed by atoms with Crippen LogP contribution < -0.4 is 0 Å². The molecule has 0 spiro atoms.